The second-order valence-electron chi connectivity index (χ2n) is 5.00. The number of carboxylic acid groups (broad SMARTS) is 1. The predicted molar refractivity (Wildman–Crippen MR) is 89.1 cm³/mol. The highest BCUT2D eigenvalue weighted by atomic mass is 32.1. The topological polar surface area (TPSA) is 95.5 Å². The average Bonchev–Trinajstić information content (AvgIpc) is 2.80. The van der Waals surface area contributed by atoms with Crippen LogP contribution in [-0.4, -0.2) is 22.9 Å². The van der Waals surface area contributed by atoms with Gasteiger partial charge in [-0.1, -0.05) is 12.1 Å². The molecular weight excluding hydrogens is 316 g/mol. The van der Waals surface area contributed by atoms with Gasteiger partial charge in [0.25, 0.3) is 5.91 Å². The number of anilines is 2. The van der Waals surface area contributed by atoms with E-state index in [0.717, 1.165) is 4.88 Å². The van der Waals surface area contributed by atoms with E-state index in [1.54, 1.807) is 30.3 Å². The minimum Gasteiger partial charge on any atom is -0.481 e. The van der Waals surface area contributed by atoms with Gasteiger partial charge in [0.05, 0.1) is 12.0 Å². The van der Waals surface area contributed by atoms with E-state index in [0.29, 0.717) is 21.8 Å². The van der Waals surface area contributed by atoms with E-state index in [9.17, 15) is 14.4 Å². The van der Waals surface area contributed by atoms with Crippen LogP contribution < -0.4 is 10.6 Å². The highest BCUT2D eigenvalue weighted by molar-refractivity contribution is 7.16. The van der Waals surface area contributed by atoms with E-state index < -0.39 is 5.97 Å². The maximum absolute atomic E-state index is 12.3. The molecule has 0 bridgehead atoms. The first-order valence-electron chi connectivity index (χ1n) is 6.85. The van der Waals surface area contributed by atoms with Gasteiger partial charge in [0.1, 0.15) is 5.00 Å². The number of hydrogen-bond acceptors (Lipinski definition) is 4. The molecular formula is C16H16N2O4S. The van der Waals surface area contributed by atoms with Gasteiger partial charge < -0.3 is 15.7 Å². The molecule has 1 aromatic heterocycles. The van der Waals surface area contributed by atoms with Gasteiger partial charge in [0.15, 0.2) is 0 Å². The molecule has 1 heterocycles. The van der Waals surface area contributed by atoms with Crippen molar-refractivity contribution in [1.82, 2.24) is 0 Å². The summed E-state index contributed by atoms with van der Waals surface area (Å²) in [7, 11) is 0. The Labute approximate surface area is 137 Å². The van der Waals surface area contributed by atoms with Gasteiger partial charge in [-0.3, -0.25) is 14.4 Å². The third-order valence-corrected chi connectivity index (χ3v) is 3.92. The van der Waals surface area contributed by atoms with Crippen LogP contribution in [0.4, 0.5) is 10.7 Å². The number of aryl methyl sites for hydroxylation is 1. The average molecular weight is 332 g/mol. The van der Waals surface area contributed by atoms with E-state index in [2.05, 4.69) is 10.6 Å². The Balaban J connectivity index is 2.12. The molecule has 0 unspecified atom stereocenters. The SMILES string of the molecule is CC(=O)Nc1sc(C)cc1C(=O)Nc1ccc(CC(=O)O)cc1. The Hall–Kier alpha value is -2.67. The maximum Gasteiger partial charge on any atom is 0.307 e. The molecule has 0 atom stereocenters. The van der Waals surface area contributed by atoms with Crippen molar-refractivity contribution in [1.29, 1.82) is 0 Å². The number of thiophene rings is 1. The summed E-state index contributed by atoms with van der Waals surface area (Å²) >= 11 is 1.33. The Morgan fingerprint density at radius 3 is 2.35 bits per heavy atom. The molecule has 0 radical (unpaired) electrons. The van der Waals surface area contributed by atoms with E-state index >= 15 is 0 Å². The maximum atomic E-state index is 12.3. The van der Waals surface area contributed by atoms with E-state index in [4.69, 9.17) is 5.11 Å². The van der Waals surface area contributed by atoms with Crippen molar-refractivity contribution in [3.05, 3.63) is 46.3 Å². The molecule has 23 heavy (non-hydrogen) atoms. The van der Waals surface area contributed by atoms with Crippen molar-refractivity contribution in [2.24, 2.45) is 0 Å². The minimum absolute atomic E-state index is 0.0648. The Morgan fingerprint density at radius 1 is 1.13 bits per heavy atom. The normalized spacial score (nSPS) is 10.2. The first-order chi connectivity index (χ1) is 10.8. The summed E-state index contributed by atoms with van der Waals surface area (Å²) in [4.78, 5) is 35.1. The first kappa shape index (κ1) is 16.7. The summed E-state index contributed by atoms with van der Waals surface area (Å²) in [6, 6.07) is 8.31. The molecule has 0 saturated carbocycles. The zero-order valence-electron chi connectivity index (χ0n) is 12.7. The smallest absolute Gasteiger partial charge is 0.307 e. The van der Waals surface area contributed by atoms with Gasteiger partial charge in [-0.05, 0) is 30.7 Å². The number of hydrogen-bond donors (Lipinski definition) is 3. The number of carbonyl (C=O) groups excluding carboxylic acids is 2. The highest BCUT2D eigenvalue weighted by Gasteiger charge is 2.16. The van der Waals surface area contributed by atoms with Crippen LogP contribution in [0.3, 0.4) is 0 Å². The molecule has 7 heteroatoms. The van der Waals surface area contributed by atoms with Crippen molar-refractivity contribution in [3.63, 3.8) is 0 Å². The van der Waals surface area contributed by atoms with Crippen molar-refractivity contribution in [2.75, 3.05) is 10.6 Å². The monoisotopic (exact) mass is 332 g/mol. The fraction of sp³-hybridized carbons (Fsp3) is 0.188. The summed E-state index contributed by atoms with van der Waals surface area (Å²) in [6.07, 6.45) is -0.0648. The quantitative estimate of drug-likeness (QED) is 0.784. The summed E-state index contributed by atoms with van der Waals surface area (Å²) in [5.41, 5.74) is 1.61. The lowest BCUT2D eigenvalue weighted by atomic mass is 10.1. The third-order valence-electron chi connectivity index (χ3n) is 2.96. The van der Waals surface area contributed by atoms with E-state index in [-0.39, 0.29) is 18.2 Å². The summed E-state index contributed by atoms with van der Waals surface area (Å²) in [6.45, 7) is 3.24. The molecule has 0 aliphatic rings. The van der Waals surface area contributed by atoms with Gasteiger partial charge in [0, 0.05) is 17.5 Å². The first-order valence-corrected chi connectivity index (χ1v) is 7.67. The molecule has 6 nitrogen and oxygen atoms in total. The predicted octanol–water partition coefficient (Wildman–Crippen LogP) is 2.89. The molecule has 3 N–H and O–H groups in total. The summed E-state index contributed by atoms with van der Waals surface area (Å²) in [5, 5.41) is 14.6. The molecule has 0 aliphatic heterocycles. The molecule has 0 fully saturated rings. The van der Waals surface area contributed by atoms with Crippen LogP contribution >= 0.6 is 11.3 Å². The van der Waals surface area contributed by atoms with Crippen LogP contribution in [0.1, 0.15) is 27.7 Å². The van der Waals surface area contributed by atoms with Crippen molar-refractivity contribution < 1.29 is 19.5 Å². The fourth-order valence-electron chi connectivity index (χ4n) is 2.01. The van der Waals surface area contributed by atoms with Crippen LogP contribution in [0.2, 0.25) is 0 Å². The Bertz CT molecular complexity index is 750. The second-order valence-corrected chi connectivity index (χ2v) is 6.26. The van der Waals surface area contributed by atoms with Gasteiger partial charge in [-0.15, -0.1) is 11.3 Å². The van der Waals surface area contributed by atoms with Crippen molar-refractivity contribution in [3.8, 4) is 0 Å². The number of carboxylic acids is 1. The number of carbonyl (C=O) groups is 3. The molecule has 1 aromatic carbocycles. The molecule has 2 rings (SSSR count). The molecule has 120 valence electrons. The van der Waals surface area contributed by atoms with Gasteiger partial charge in [-0.2, -0.15) is 0 Å². The van der Waals surface area contributed by atoms with E-state index in [1.165, 1.54) is 18.3 Å². The molecule has 0 spiro atoms. The fourth-order valence-corrected chi connectivity index (χ4v) is 2.97. The van der Waals surface area contributed by atoms with Crippen molar-refractivity contribution in [2.45, 2.75) is 20.3 Å². The highest BCUT2D eigenvalue weighted by Crippen LogP contribution is 2.28. The zero-order chi connectivity index (χ0) is 17.0. The van der Waals surface area contributed by atoms with Crippen LogP contribution in [0.15, 0.2) is 30.3 Å². The third kappa shape index (κ3) is 4.65. The van der Waals surface area contributed by atoms with Crippen LogP contribution in [0.5, 0.6) is 0 Å². The standard InChI is InChI=1S/C16H16N2O4S/c1-9-7-13(16(23-9)17-10(2)19)15(22)18-12-5-3-11(4-6-12)8-14(20)21/h3-7H,8H2,1-2H3,(H,17,19)(H,18,22)(H,20,21). The minimum atomic E-state index is -0.907. The summed E-state index contributed by atoms with van der Waals surface area (Å²) in [5.74, 6) is -1.47. The van der Waals surface area contributed by atoms with Gasteiger partial charge in [-0.25, -0.2) is 0 Å². The van der Waals surface area contributed by atoms with Crippen LogP contribution in [0, 0.1) is 6.92 Å². The van der Waals surface area contributed by atoms with E-state index in [1.807, 2.05) is 6.92 Å². The Morgan fingerprint density at radius 2 is 1.78 bits per heavy atom. The second kappa shape index (κ2) is 7.06. The number of amides is 2. The largest absolute Gasteiger partial charge is 0.481 e. The number of rotatable bonds is 5. The van der Waals surface area contributed by atoms with Gasteiger partial charge in [0.2, 0.25) is 5.91 Å². The molecule has 2 aromatic rings. The molecule has 0 aliphatic carbocycles. The molecule has 0 saturated heterocycles. The van der Waals surface area contributed by atoms with Crippen LogP contribution in [-0.2, 0) is 16.0 Å². The molecule has 2 amide bonds. The zero-order valence-corrected chi connectivity index (χ0v) is 13.5. The lowest BCUT2D eigenvalue weighted by Crippen LogP contribution is -2.14. The van der Waals surface area contributed by atoms with Gasteiger partial charge >= 0.3 is 5.97 Å². The number of benzene rings is 1. The van der Waals surface area contributed by atoms with Crippen molar-refractivity contribution >= 4 is 39.8 Å². The number of nitrogens with one attached hydrogen (secondary N) is 2. The summed E-state index contributed by atoms with van der Waals surface area (Å²) < 4.78 is 0. The van der Waals surface area contributed by atoms with Crippen LogP contribution in [0.25, 0.3) is 0 Å². The lowest BCUT2D eigenvalue weighted by Gasteiger charge is -2.07. The lowest BCUT2D eigenvalue weighted by molar-refractivity contribution is -0.136. The number of aliphatic carboxylic acids is 1. The Kier molecular flexibility index (Phi) is 5.13.